The number of pyridine rings is 1. The molecule has 1 amide bonds. The maximum absolute atomic E-state index is 12.0. The molecule has 2 N–H and O–H groups in total. The molecule has 6 heteroatoms. The number of nitrogens with zero attached hydrogens (tertiary/aromatic N) is 3. The van der Waals surface area contributed by atoms with Gasteiger partial charge in [-0.25, -0.2) is 4.98 Å². The van der Waals surface area contributed by atoms with E-state index in [4.69, 9.17) is 0 Å². The van der Waals surface area contributed by atoms with Crippen molar-refractivity contribution in [3.05, 3.63) is 41.2 Å². The van der Waals surface area contributed by atoms with Crippen molar-refractivity contribution in [2.75, 3.05) is 0 Å². The van der Waals surface area contributed by atoms with Gasteiger partial charge in [0, 0.05) is 24.4 Å². The van der Waals surface area contributed by atoms with Gasteiger partial charge in [0.1, 0.15) is 5.82 Å². The molecule has 0 aromatic carbocycles. The molecule has 6 nitrogen and oxygen atoms in total. The van der Waals surface area contributed by atoms with Gasteiger partial charge in [0.05, 0.1) is 0 Å². The molecule has 0 radical (unpaired) electrons. The van der Waals surface area contributed by atoms with Crippen LogP contribution in [0.5, 0.6) is 0 Å². The third kappa shape index (κ3) is 3.20. The van der Waals surface area contributed by atoms with E-state index in [0.717, 1.165) is 11.1 Å². The van der Waals surface area contributed by atoms with Crippen LogP contribution in [-0.4, -0.2) is 26.1 Å². The van der Waals surface area contributed by atoms with E-state index in [9.17, 15) is 4.79 Å². The summed E-state index contributed by atoms with van der Waals surface area (Å²) in [5.41, 5.74) is 1.91. The monoisotopic (exact) mass is 273 g/mol. The van der Waals surface area contributed by atoms with Crippen LogP contribution in [0.2, 0.25) is 0 Å². The standard InChI is InChI=1S/C14H19N5O/c1-9-7-15-6-5-10(9)8-16-12(20)11-17-13(19-18-11)14(2,3)4/h5-7H,8H2,1-4H3,(H,16,20)(H,17,18,19). The van der Waals surface area contributed by atoms with Gasteiger partial charge in [0.2, 0.25) is 5.82 Å². The van der Waals surface area contributed by atoms with Crippen molar-refractivity contribution < 1.29 is 4.79 Å². The maximum atomic E-state index is 12.0. The molecule has 0 aliphatic heterocycles. The molecule has 0 saturated heterocycles. The Morgan fingerprint density at radius 2 is 2.15 bits per heavy atom. The van der Waals surface area contributed by atoms with Crippen molar-refractivity contribution in [3.8, 4) is 0 Å². The topological polar surface area (TPSA) is 83.6 Å². The second kappa shape index (κ2) is 5.40. The van der Waals surface area contributed by atoms with Gasteiger partial charge in [0.15, 0.2) is 0 Å². The summed E-state index contributed by atoms with van der Waals surface area (Å²) in [4.78, 5) is 20.2. The smallest absolute Gasteiger partial charge is 0.291 e. The predicted octanol–water partition coefficient (Wildman–Crippen LogP) is 1.74. The van der Waals surface area contributed by atoms with Crippen molar-refractivity contribution in [1.29, 1.82) is 0 Å². The lowest BCUT2D eigenvalue weighted by Crippen LogP contribution is -2.24. The first kappa shape index (κ1) is 14.2. The number of carbonyl (C=O) groups excluding carboxylic acids is 1. The number of hydrogen-bond donors (Lipinski definition) is 2. The average molecular weight is 273 g/mol. The van der Waals surface area contributed by atoms with Crippen LogP contribution in [0.4, 0.5) is 0 Å². The van der Waals surface area contributed by atoms with Crippen LogP contribution >= 0.6 is 0 Å². The van der Waals surface area contributed by atoms with Crippen LogP contribution in [-0.2, 0) is 12.0 Å². The third-order valence-corrected chi connectivity index (χ3v) is 2.97. The Bertz CT molecular complexity index is 612. The highest BCUT2D eigenvalue weighted by Crippen LogP contribution is 2.17. The van der Waals surface area contributed by atoms with Crippen LogP contribution in [0.25, 0.3) is 0 Å². The Labute approximate surface area is 118 Å². The van der Waals surface area contributed by atoms with Crippen molar-refractivity contribution >= 4 is 5.91 Å². The molecule has 2 rings (SSSR count). The minimum absolute atomic E-state index is 0.160. The summed E-state index contributed by atoms with van der Waals surface area (Å²) in [7, 11) is 0. The Kier molecular flexibility index (Phi) is 3.83. The molecule has 0 aliphatic carbocycles. The van der Waals surface area contributed by atoms with Gasteiger partial charge in [-0.3, -0.25) is 14.9 Å². The zero-order valence-corrected chi connectivity index (χ0v) is 12.2. The number of aromatic amines is 1. The van der Waals surface area contributed by atoms with Gasteiger partial charge in [-0.05, 0) is 24.1 Å². The Balaban J connectivity index is 2.02. The molecule has 0 aliphatic rings. The molecular formula is C14H19N5O. The number of rotatable bonds is 3. The number of aryl methyl sites for hydroxylation is 1. The largest absolute Gasteiger partial charge is 0.345 e. The summed E-state index contributed by atoms with van der Waals surface area (Å²) in [6.07, 6.45) is 3.48. The van der Waals surface area contributed by atoms with E-state index in [1.54, 1.807) is 12.4 Å². The molecule has 0 spiro atoms. The minimum atomic E-state index is -0.284. The van der Waals surface area contributed by atoms with Crippen LogP contribution in [0, 0.1) is 6.92 Å². The van der Waals surface area contributed by atoms with Crippen molar-refractivity contribution in [3.63, 3.8) is 0 Å². The second-order valence-electron chi connectivity index (χ2n) is 5.74. The van der Waals surface area contributed by atoms with Crippen LogP contribution < -0.4 is 5.32 Å². The van der Waals surface area contributed by atoms with E-state index in [2.05, 4.69) is 25.5 Å². The maximum Gasteiger partial charge on any atom is 0.291 e. The quantitative estimate of drug-likeness (QED) is 0.892. The van der Waals surface area contributed by atoms with E-state index in [0.29, 0.717) is 12.4 Å². The molecule has 106 valence electrons. The first-order valence-electron chi connectivity index (χ1n) is 6.48. The van der Waals surface area contributed by atoms with Gasteiger partial charge in [-0.2, -0.15) is 0 Å². The fourth-order valence-electron chi connectivity index (χ4n) is 1.65. The van der Waals surface area contributed by atoms with Crippen molar-refractivity contribution in [2.45, 2.75) is 39.7 Å². The van der Waals surface area contributed by atoms with Gasteiger partial charge in [0.25, 0.3) is 5.91 Å². The Morgan fingerprint density at radius 1 is 1.40 bits per heavy atom. The lowest BCUT2D eigenvalue weighted by atomic mass is 9.96. The summed E-state index contributed by atoms with van der Waals surface area (Å²) < 4.78 is 0. The van der Waals surface area contributed by atoms with E-state index in [1.165, 1.54) is 0 Å². The van der Waals surface area contributed by atoms with Crippen LogP contribution in [0.1, 0.15) is 48.3 Å². The molecule has 2 aromatic heterocycles. The van der Waals surface area contributed by atoms with E-state index in [1.807, 2.05) is 33.8 Å². The fraction of sp³-hybridized carbons (Fsp3) is 0.429. The number of H-pyrrole nitrogens is 1. The zero-order chi connectivity index (χ0) is 14.8. The molecule has 0 saturated carbocycles. The number of aromatic nitrogens is 4. The number of nitrogens with one attached hydrogen (secondary N) is 2. The third-order valence-electron chi connectivity index (χ3n) is 2.97. The molecule has 2 heterocycles. The Hall–Kier alpha value is -2.24. The molecule has 0 atom stereocenters. The highest BCUT2D eigenvalue weighted by Gasteiger charge is 2.21. The zero-order valence-electron chi connectivity index (χ0n) is 12.2. The fourth-order valence-corrected chi connectivity index (χ4v) is 1.65. The van der Waals surface area contributed by atoms with Crippen molar-refractivity contribution in [1.82, 2.24) is 25.5 Å². The number of hydrogen-bond acceptors (Lipinski definition) is 4. The average Bonchev–Trinajstić information content (AvgIpc) is 2.87. The molecule has 0 unspecified atom stereocenters. The lowest BCUT2D eigenvalue weighted by molar-refractivity contribution is 0.0940. The molecule has 2 aromatic rings. The van der Waals surface area contributed by atoms with E-state index < -0.39 is 0 Å². The van der Waals surface area contributed by atoms with Gasteiger partial charge < -0.3 is 5.32 Å². The molecule has 0 fully saturated rings. The number of carbonyl (C=O) groups is 1. The molecular weight excluding hydrogens is 254 g/mol. The van der Waals surface area contributed by atoms with Gasteiger partial charge in [-0.1, -0.05) is 20.8 Å². The summed E-state index contributed by atoms with van der Waals surface area (Å²) in [5.74, 6) is 0.581. The second-order valence-corrected chi connectivity index (χ2v) is 5.74. The van der Waals surface area contributed by atoms with Crippen LogP contribution in [0.15, 0.2) is 18.5 Å². The van der Waals surface area contributed by atoms with Crippen LogP contribution in [0.3, 0.4) is 0 Å². The van der Waals surface area contributed by atoms with E-state index in [-0.39, 0.29) is 17.1 Å². The first-order valence-corrected chi connectivity index (χ1v) is 6.48. The number of amides is 1. The summed E-state index contributed by atoms with van der Waals surface area (Å²) in [5, 5.41) is 9.57. The molecule has 20 heavy (non-hydrogen) atoms. The highest BCUT2D eigenvalue weighted by atomic mass is 16.2. The minimum Gasteiger partial charge on any atom is -0.345 e. The summed E-state index contributed by atoms with van der Waals surface area (Å²) in [6, 6.07) is 1.88. The normalized spacial score (nSPS) is 11.4. The summed E-state index contributed by atoms with van der Waals surface area (Å²) in [6.45, 7) is 8.42. The van der Waals surface area contributed by atoms with Gasteiger partial charge >= 0.3 is 0 Å². The van der Waals surface area contributed by atoms with Crippen molar-refractivity contribution in [2.24, 2.45) is 0 Å². The molecule has 0 bridgehead atoms. The predicted molar refractivity (Wildman–Crippen MR) is 75.2 cm³/mol. The van der Waals surface area contributed by atoms with Gasteiger partial charge in [-0.15, -0.1) is 5.10 Å². The SMILES string of the molecule is Cc1cnccc1CNC(=O)c1n[nH]c(C(C)(C)C)n1. The lowest BCUT2D eigenvalue weighted by Gasteiger charge is -2.12. The van der Waals surface area contributed by atoms with E-state index >= 15 is 0 Å². The highest BCUT2D eigenvalue weighted by molar-refractivity contribution is 5.90. The Morgan fingerprint density at radius 3 is 2.75 bits per heavy atom. The first-order chi connectivity index (χ1) is 9.38. The summed E-state index contributed by atoms with van der Waals surface area (Å²) >= 11 is 0.